The molecule has 3 fully saturated rings. The third-order valence-corrected chi connectivity index (χ3v) is 7.13. The van der Waals surface area contributed by atoms with Crippen molar-refractivity contribution in [2.24, 2.45) is 17.8 Å². The van der Waals surface area contributed by atoms with E-state index in [0.717, 1.165) is 29.5 Å². The zero-order valence-corrected chi connectivity index (χ0v) is 12.3. The van der Waals surface area contributed by atoms with E-state index >= 15 is 0 Å². The van der Waals surface area contributed by atoms with E-state index in [2.05, 4.69) is 30.1 Å². The van der Waals surface area contributed by atoms with Gasteiger partial charge in [-0.2, -0.15) is 0 Å². The average Bonchev–Trinajstić information content (AvgIpc) is 2.86. The van der Waals surface area contributed by atoms with Crippen LogP contribution in [0.5, 0.6) is 0 Å². The van der Waals surface area contributed by atoms with Crippen molar-refractivity contribution in [3.63, 3.8) is 0 Å². The molecule has 2 N–H and O–H groups in total. The van der Waals surface area contributed by atoms with E-state index in [0.29, 0.717) is 5.41 Å². The monoisotopic (exact) mass is 268 g/mol. The molecule has 1 spiro atoms. The molecule has 1 aromatic carbocycles. The molecule has 0 radical (unpaired) electrons. The summed E-state index contributed by atoms with van der Waals surface area (Å²) in [7, 11) is 2.36. The van der Waals surface area contributed by atoms with Crippen LogP contribution >= 0.6 is 0 Å². The summed E-state index contributed by atoms with van der Waals surface area (Å²) in [5.74, 6) is 2.71. The minimum absolute atomic E-state index is 0.489. The Morgan fingerprint density at radius 1 is 1.25 bits per heavy atom. The summed E-state index contributed by atoms with van der Waals surface area (Å²) in [6.45, 7) is 1.32. The van der Waals surface area contributed by atoms with Crippen molar-refractivity contribution in [1.29, 1.82) is 0 Å². The Balaban J connectivity index is 1.76. The average molecular weight is 268 g/mol. The highest BCUT2D eigenvalue weighted by Gasteiger charge is 2.67. The minimum atomic E-state index is 0.489. The van der Waals surface area contributed by atoms with E-state index in [4.69, 9.17) is 5.73 Å². The van der Waals surface area contributed by atoms with Crippen molar-refractivity contribution in [2.75, 3.05) is 19.3 Å². The number of fused-ring (bicyclic) bond motifs is 2. The van der Waals surface area contributed by atoms with Crippen LogP contribution in [0.3, 0.4) is 0 Å². The molecule has 2 heteroatoms. The van der Waals surface area contributed by atoms with Gasteiger partial charge in [0.25, 0.3) is 0 Å². The van der Waals surface area contributed by atoms with Crippen LogP contribution in [0.2, 0.25) is 0 Å². The Hall–Kier alpha value is -1.02. The van der Waals surface area contributed by atoms with Crippen LogP contribution in [0.25, 0.3) is 0 Å². The maximum absolute atomic E-state index is 6.15. The molecule has 3 aliphatic carbocycles. The van der Waals surface area contributed by atoms with Gasteiger partial charge in [0.15, 0.2) is 0 Å². The predicted octanol–water partition coefficient (Wildman–Crippen LogP) is 2.81. The van der Waals surface area contributed by atoms with Crippen molar-refractivity contribution in [1.82, 2.24) is 4.90 Å². The number of likely N-dealkylation sites (tertiary alicyclic amines) is 1. The van der Waals surface area contributed by atoms with Crippen LogP contribution in [-0.2, 0) is 11.8 Å². The van der Waals surface area contributed by atoms with Gasteiger partial charge in [0.05, 0.1) is 0 Å². The van der Waals surface area contributed by atoms with Crippen LogP contribution in [0.15, 0.2) is 18.2 Å². The second-order valence-corrected chi connectivity index (χ2v) is 7.71. The van der Waals surface area contributed by atoms with E-state index in [1.807, 2.05) is 0 Å². The van der Waals surface area contributed by atoms with E-state index in [1.54, 1.807) is 11.1 Å². The number of nitrogen functional groups attached to an aromatic ring is 1. The fourth-order valence-electron chi connectivity index (χ4n) is 6.70. The second kappa shape index (κ2) is 3.59. The molecular weight excluding hydrogens is 244 g/mol. The van der Waals surface area contributed by atoms with E-state index in [1.165, 1.54) is 38.6 Å². The lowest BCUT2D eigenvalue weighted by Gasteiger charge is -2.51. The lowest BCUT2D eigenvalue weighted by molar-refractivity contribution is 0.0624. The molecule has 0 aromatic heterocycles. The fourth-order valence-corrected chi connectivity index (χ4v) is 6.70. The van der Waals surface area contributed by atoms with Gasteiger partial charge in [0, 0.05) is 23.7 Å². The highest BCUT2D eigenvalue weighted by Crippen LogP contribution is 2.67. The zero-order chi connectivity index (χ0) is 13.5. The van der Waals surface area contributed by atoms with Gasteiger partial charge in [-0.3, -0.25) is 0 Å². The summed E-state index contributed by atoms with van der Waals surface area (Å²) in [6, 6.07) is 7.62. The van der Waals surface area contributed by atoms with Crippen LogP contribution in [-0.4, -0.2) is 24.5 Å². The lowest BCUT2D eigenvalue weighted by atomic mass is 9.56. The van der Waals surface area contributed by atoms with Crippen molar-refractivity contribution in [3.05, 3.63) is 29.3 Å². The largest absolute Gasteiger partial charge is 0.399 e. The van der Waals surface area contributed by atoms with Crippen molar-refractivity contribution < 1.29 is 0 Å². The highest BCUT2D eigenvalue weighted by molar-refractivity contribution is 5.52. The molecule has 1 aliphatic heterocycles. The molecule has 106 valence electrons. The third-order valence-electron chi connectivity index (χ3n) is 7.13. The van der Waals surface area contributed by atoms with Crippen molar-refractivity contribution >= 4 is 5.69 Å². The van der Waals surface area contributed by atoms with Crippen molar-refractivity contribution in [2.45, 2.75) is 43.6 Å². The number of hydrogen-bond acceptors (Lipinski definition) is 2. The molecule has 2 nitrogen and oxygen atoms in total. The Kier molecular flexibility index (Phi) is 2.09. The quantitative estimate of drug-likeness (QED) is 0.733. The third kappa shape index (κ3) is 1.13. The number of hydrogen-bond donors (Lipinski definition) is 1. The van der Waals surface area contributed by atoms with Gasteiger partial charge in [0.2, 0.25) is 0 Å². The topological polar surface area (TPSA) is 29.3 Å². The second-order valence-electron chi connectivity index (χ2n) is 7.71. The molecule has 4 bridgehead atoms. The molecule has 0 amide bonds. The molecule has 2 unspecified atom stereocenters. The van der Waals surface area contributed by atoms with Gasteiger partial charge in [-0.25, -0.2) is 0 Å². The molecule has 2 saturated carbocycles. The van der Waals surface area contributed by atoms with Crippen LogP contribution in [0.4, 0.5) is 5.69 Å². The first-order valence-corrected chi connectivity index (χ1v) is 8.31. The van der Waals surface area contributed by atoms with Crippen LogP contribution < -0.4 is 5.73 Å². The van der Waals surface area contributed by atoms with E-state index in [9.17, 15) is 0 Å². The van der Waals surface area contributed by atoms with Crippen LogP contribution in [0, 0.1) is 17.8 Å². The van der Waals surface area contributed by atoms with Gasteiger partial charge in [-0.05, 0) is 67.3 Å². The van der Waals surface area contributed by atoms with Gasteiger partial charge < -0.3 is 10.6 Å². The molecule has 20 heavy (non-hydrogen) atoms. The first kappa shape index (κ1) is 11.6. The van der Waals surface area contributed by atoms with Gasteiger partial charge in [-0.15, -0.1) is 0 Å². The molecular formula is C18H24N2. The first-order valence-electron chi connectivity index (χ1n) is 8.31. The summed E-state index contributed by atoms with van der Waals surface area (Å²) in [5.41, 5.74) is 10.9. The summed E-state index contributed by atoms with van der Waals surface area (Å²) >= 11 is 0. The molecule has 1 saturated heterocycles. The highest BCUT2D eigenvalue weighted by atomic mass is 15.2. The summed E-state index contributed by atoms with van der Waals surface area (Å²) in [4.78, 5) is 2.68. The molecule has 5 atom stereocenters. The number of rotatable bonds is 0. The summed E-state index contributed by atoms with van der Waals surface area (Å²) in [6.07, 6.45) is 7.02. The molecule has 1 aromatic rings. The van der Waals surface area contributed by atoms with E-state index < -0.39 is 0 Å². The van der Waals surface area contributed by atoms with Gasteiger partial charge in [-0.1, -0.05) is 18.9 Å². The first-order chi connectivity index (χ1) is 9.72. The Morgan fingerprint density at radius 3 is 3.05 bits per heavy atom. The number of nitrogens with two attached hydrogens (primary N) is 1. The number of benzene rings is 1. The van der Waals surface area contributed by atoms with Crippen LogP contribution in [0.1, 0.15) is 36.8 Å². The SMILES string of the molecule is CN1CC2[C@@H]3Cc4ccc(N)cc4C24CCCC[C@H]4[C@@H]31. The summed E-state index contributed by atoms with van der Waals surface area (Å²) in [5, 5.41) is 0. The number of anilines is 1. The van der Waals surface area contributed by atoms with Gasteiger partial charge in [0.1, 0.15) is 0 Å². The Bertz CT molecular complexity index is 581. The molecule has 4 aliphatic rings. The Labute approximate surface area is 121 Å². The fraction of sp³-hybridized carbons (Fsp3) is 0.667. The normalized spacial score (nSPS) is 45.2. The number of nitrogens with zero attached hydrogens (tertiary/aromatic N) is 1. The molecule has 5 rings (SSSR count). The smallest absolute Gasteiger partial charge is 0.0317 e. The van der Waals surface area contributed by atoms with E-state index in [-0.39, 0.29) is 0 Å². The Morgan fingerprint density at radius 2 is 2.15 bits per heavy atom. The predicted molar refractivity (Wildman–Crippen MR) is 81.6 cm³/mol. The molecule has 1 heterocycles. The summed E-state index contributed by atoms with van der Waals surface area (Å²) < 4.78 is 0. The number of piperidine rings is 1. The van der Waals surface area contributed by atoms with Crippen molar-refractivity contribution in [3.8, 4) is 0 Å². The minimum Gasteiger partial charge on any atom is -0.399 e. The lowest BCUT2D eigenvalue weighted by Crippen LogP contribution is -2.51. The maximum Gasteiger partial charge on any atom is 0.0317 e. The zero-order valence-electron chi connectivity index (χ0n) is 12.3. The standard InChI is InChI=1S/C18H24N2/c1-20-10-16-13-8-11-5-6-12(19)9-15(11)18(16)7-3-2-4-14(18)17(13)20/h5-6,9,13-14,16-17H,2-4,7-8,10,19H2,1H3/t13-,14-,16?,17+,18?/m0/s1. The maximum atomic E-state index is 6.15. The van der Waals surface area contributed by atoms with Gasteiger partial charge >= 0.3 is 0 Å².